The van der Waals surface area contributed by atoms with Crippen LogP contribution in [0.25, 0.3) is 21.9 Å². The SMILES string of the molecule is Fc1cc(OCCCBr)ccc1Cl.O=C(NN1CCN(CCCOc2ccc(Cl)c(F)c2)CC1)c1cc2cc(Cl)ccc2o1.O=C(NN1CCNCC1)c1cc2cc(Cl)ccc2o1.O=C(O)C(F)(F)F. The lowest BCUT2D eigenvalue weighted by Gasteiger charge is -2.34. The standard InChI is InChI=1S/C22H22Cl2FN3O3.C13H14ClN3O2.C9H9BrClFO.C2HF3O2/c23-16-2-5-20-15(12-16)13-21(31-20)22(29)26-28-9-7-27(8-10-28)6-1-11-30-17-3-4-18(24)19(25)14-17;14-10-1-2-11-9(7-10)8-12(19-11)13(18)16-17-5-3-15-4-6-17;10-4-1-5-13-7-2-3-8(11)9(12)6-7;3-2(4,5)1(6)7/h2-5,12-14H,1,6-11H2,(H,26,29);1-2,7-8,15H,3-6H2,(H,16,18);2-3,6H,1,4-5H2;(H,6,7). The molecule has 4 aromatic carbocycles. The Bertz CT molecular complexity index is 2670. The van der Waals surface area contributed by atoms with Gasteiger partial charge in [-0.2, -0.15) is 13.2 Å². The molecule has 4 N–H and O–H groups in total. The molecule has 0 aliphatic carbocycles. The van der Waals surface area contributed by atoms with Crippen LogP contribution in [0.2, 0.25) is 20.1 Å². The number of carboxylic acid groups (broad SMARTS) is 1. The molecule has 24 heteroatoms. The maximum atomic E-state index is 13.4. The van der Waals surface area contributed by atoms with Crippen molar-refractivity contribution in [2.75, 3.05) is 77.4 Å². The van der Waals surface area contributed by atoms with E-state index in [0.29, 0.717) is 64.8 Å². The zero-order chi connectivity index (χ0) is 50.8. The van der Waals surface area contributed by atoms with Gasteiger partial charge in [-0.15, -0.1) is 0 Å². The number of carbonyl (C=O) groups is 3. The Labute approximate surface area is 426 Å². The van der Waals surface area contributed by atoms with Gasteiger partial charge in [0.15, 0.2) is 11.5 Å². The van der Waals surface area contributed by atoms with Crippen LogP contribution in [-0.2, 0) is 4.79 Å². The molecular formula is C46H46BrCl4F5N6O8. The predicted molar refractivity (Wildman–Crippen MR) is 260 cm³/mol. The normalized spacial score (nSPS) is 14.3. The van der Waals surface area contributed by atoms with Crippen molar-refractivity contribution in [1.82, 2.24) is 31.1 Å². The fraction of sp³-hybridized carbons (Fsp3) is 0.326. The maximum Gasteiger partial charge on any atom is 0.490 e. The molecule has 2 fully saturated rings. The van der Waals surface area contributed by atoms with Crippen molar-refractivity contribution in [3.63, 3.8) is 0 Å². The average Bonchev–Trinajstić information content (AvgIpc) is 3.96. The van der Waals surface area contributed by atoms with Crippen LogP contribution < -0.4 is 25.6 Å². The molecule has 0 bridgehead atoms. The molecule has 2 aromatic heterocycles. The van der Waals surface area contributed by atoms with Crippen molar-refractivity contribution < 1.29 is 59.8 Å². The molecule has 378 valence electrons. The van der Waals surface area contributed by atoms with Gasteiger partial charge in [-0.3, -0.25) is 20.4 Å². The fourth-order valence-electron chi connectivity index (χ4n) is 6.37. The van der Waals surface area contributed by atoms with Crippen molar-refractivity contribution >= 4 is 102 Å². The molecule has 0 atom stereocenters. The number of halogens is 10. The number of rotatable bonds is 13. The number of hydrogen-bond acceptors (Lipinski definition) is 11. The molecule has 2 amide bonds. The number of carboxylic acids is 1. The molecule has 6 aromatic rings. The molecule has 0 radical (unpaired) electrons. The number of amides is 2. The van der Waals surface area contributed by atoms with Crippen LogP contribution >= 0.6 is 62.3 Å². The molecule has 70 heavy (non-hydrogen) atoms. The van der Waals surface area contributed by atoms with E-state index < -0.39 is 23.8 Å². The van der Waals surface area contributed by atoms with Gasteiger partial charge in [-0.05, 0) is 85.6 Å². The minimum absolute atomic E-state index is 0.0852. The van der Waals surface area contributed by atoms with Gasteiger partial charge in [0.2, 0.25) is 0 Å². The zero-order valence-corrected chi connectivity index (χ0v) is 41.5. The number of piperazine rings is 2. The number of nitrogens with zero attached hydrogens (tertiary/aromatic N) is 3. The van der Waals surface area contributed by atoms with Crippen LogP contribution in [0.3, 0.4) is 0 Å². The van der Waals surface area contributed by atoms with Gasteiger partial charge in [0.1, 0.15) is 34.3 Å². The van der Waals surface area contributed by atoms with Crippen molar-refractivity contribution in [3.05, 3.63) is 128 Å². The lowest BCUT2D eigenvalue weighted by Crippen LogP contribution is -2.53. The van der Waals surface area contributed by atoms with E-state index in [2.05, 4.69) is 37.0 Å². The summed E-state index contributed by atoms with van der Waals surface area (Å²) in [7, 11) is 0. The number of carbonyl (C=O) groups excluding carboxylic acids is 2. The molecule has 2 aliphatic heterocycles. The highest BCUT2D eigenvalue weighted by molar-refractivity contribution is 9.09. The number of hydrogen-bond donors (Lipinski definition) is 4. The molecular weight excluding hydrogens is 1080 g/mol. The van der Waals surface area contributed by atoms with E-state index in [1.807, 2.05) is 10.0 Å². The molecule has 2 saturated heterocycles. The van der Waals surface area contributed by atoms with Gasteiger partial charge in [-0.25, -0.2) is 23.6 Å². The maximum absolute atomic E-state index is 13.4. The largest absolute Gasteiger partial charge is 0.493 e. The number of nitrogens with one attached hydrogen (secondary N) is 3. The van der Waals surface area contributed by atoms with E-state index in [0.717, 1.165) is 74.8 Å². The third-order valence-electron chi connectivity index (χ3n) is 9.87. The van der Waals surface area contributed by atoms with Gasteiger partial charge < -0.3 is 33.6 Å². The van der Waals surface area contributed by atoms with Crippen molar-refractivity contribution in [1.29, 1.82) is 0 Å². The van der Waals surface area contributed by atoms with E-state index in [1.54, 1.807) is 60.7 Å². The highest BCUT2D eigenvalue weighted by atomic mass is 79.9. The minimum Gasteiger partial charge on any atom is -0.493 e. The predicted octanol–water partition coefficient (Wildman–Crippen LogP) is 10.5. The Balaban J connectivity index is 0.000000198. The Morgan fingerprint density at radius 2 is 1.10 bits per heavy atom. The van der Waals surface area contributed by atoms with Crippen LogP contribution in [0, 0.1) is 11.6 Å². The van der Waals surface area contributed by atoms with Crippen molar-refractivity contribution in [2.45, 2.75) is 19.0 Å². The smallest absolute Gasteiger partial charge is 0.490 e. The Morgan fingerprint density at radius 1 is 0.657 bits per heavy atom. The lowest BCUT2D eigenvalue weighted by molar-refractivity contribution is -0.192. The van der Waals surface area contributed by atoms with Gasteiger partial charge in [0.25, 0.3) is 0 Å². The first kappa shape index (κ1) is 56.0. The summed E-state index contributed by atoms with van der Waals surface area (Å²) >= 11 is 26.3. The van der Waals surface area contributed by atoms with Crippen LogP contribution in [0.5, 0.6) is 11.5 Å². The summed E-state index contributed by atoms with van der Waals surface area (Å²) in [6, 6.07) is 22.8. The number of fused-ring (bicyclic) bond motifs is 2. The number of alkyl halides is 4. The lowest BCUT2D eigenvalue weighted by atomic mass is 10.2. The Morgan fingerprint density at radius 3 is 1.53 bits per heavy atom. The van der Waals surface area contributed by atoms with Crippen molar-refractivity contribution in [2.24, 2.45) is 0 Å². The zero-order valence-electron chi connectivity index (χ0n) is 36.9. The van der Waals surface area contributed by atoms with Gasteiger partial charge >= 0.3 is 24.0 Å². The second-order valence-corrected chi connectivity index (χ2v) is 17.6. The first-order valence-electron chi connectivity index (χ1n) is 21.3. The molecule has 0 spiro atoms. The minimum atomic E-state index is -5.08. The van der Waals surface area contributed by atoms with Crippen LogP contribution in [0.15, 0.2) is 93.8 Å². The Hall–Kier alpha value is -4.90. The third-order valence-corrected chi connectivity index (χ3v) is 11.5. The quantitative estimate of drug-likeness (QED) is 0.0493. The molecule has 4 heterocycles. The molecule has 0 saturated carbocycles. The summed E-state index contributed by atoms with van der Waals surface area (Å²) in [5.74, 6) is -2.63. The van der Waals surface area contributed by atoms with E-state index in [1.165, 1.54) is 24.3 Å². The average molecular weight is 1130 g/mol. The van der Waals surface area contributed by atoms with E-state index in [-0.39, 0.29) is 27.6 Å². The molecule has 8 rings (SSSR count). The van der Waals surface area contributed by atoms with Crippen LogP contribution in [0.1, 0.15) is 34.0 Å². The van der Waals surface area contributed by atoms with E-state index >= 15 is 0 Å². The molecule has 14 nitrogen and oxygen atoms in total. The highest BCUT2D eigenvalue weighted by Crippen LogP contribution is 2.25. The first-order valence-corrected chi connectivity index (χ1v) is 24.0. The summed E-state index contributed by atoms with van der Waals surface area (Å²) in [4.78, 5) is 35.8. The number of ether oxygens (including phenoxy) is 2. The monoisotopic (exact) mass is 1120 g/mol. The number of aliphatic carboxylic acids is 1. The number of furan rings is 2. The van der Waals surface area contributed by atoms with Gasteiger partial charge in [0.05, 0.1) is 23.3 Å². The summed E-state index contributed by atoms with van der Waals surface area (Å²) < 4.78 is 80.0. The third kappa shape index (κ3) is 18.4. The molecule has 2 aliphatic rings. The summed E-state index contributed by atoms with van der Waals surface area (Å²) in [6.07, 6.45) is -3.37. The number of benzene rings is 4. The summed E-state index contributed by atoms with van der Waals surface area (Å²) in [5, 5.41) is 18.1. The van der Waals surface area contributed by atoms with Crippen LogP contribution in [0.4, 0.5) is 22.0 Å². The van der Waals surface area contributed by atoms with Gasteiger partial charge in [-0.1, -0.05) is 62.3 Å². The highest BCUT2D eigenvalue weighted by Gasteiger charge is 2.38. The van der Waals surface area contributed by atoms with E-state index in [4.69, 9.17) is 74.6 Å². The number of hydrazine groups is 2. The first-order chi connectivity index (χ1) is 33.4. The molecule has 0 unspecified atom stereocenters. The summed E-state index contributed by atoms with van der Waals surface area (Å²) in [6.45, 7) is 8.32. The van der Waals surface area contributed by atoms with E-state index in [9.17, 15) is 31.5 Å². The topological polar surface area (TPSA) is 162 Å². The van der Waals surface area contributed by atoms with Crippen molar-refractivity contribution in [3.8, 4) is 11.5 Å². The Kier molecular flexibility index (Phi) is 22.1. The fourth-order valence-corrected chi connectivity index (χ4v) is 7.19. The second kappa shape index (κ2) is 27.6. The van der Waals surface area contributed by atoms with Crippen LogP contribution in [-0.4, -0.2) is 121 Å². The summed E-state index contributed by atoms with van der Waals surface area (Å²) in [5.41, 5.74) is 7.03. The van der Waals surface area contributed by atoms with Gasteiger partial charge in [0, 0.05) is 97.2 Å². The second-order valence-electron chi connectivity index (χ2n) is 15.1.